The van der Waals surface area contributed by atoms with Crippen LogP contribution in [0.25, 0.3) is 10.9 Å². The first-order chi connectivity index (χ1) is 13.0. The van der Waals surface area contributed by atoms with Gasteiger partial charge in [0.2, 0.25) is 0 Å². The number of ketones is 1. The first-order valence-electron chi connectivity index (χ1n) is 9.36. The van der Waals surface area contributed by atoms with E-state index < -0.39 is 23.7 Å². The molecular weight excluding hydrogens is 346 g/mol. The van der Waals surface area contributed by atoms with E-state index >= 15 is 0 Å². The minimum atomic E-state index is -0.999. The maximum atomic E-state index is 12.7. The van der Waals surface area contributed by atoms with E-state index in [1.54, 1.807) is 31.2 Å². The summed E-state index contributed by atoms with van der Waals surface area (Å²) >= 11 is 0. The van der Waals surface area contributed by atoms with Crippen molar-refractivity contribution >= 4 is 28.6 Å². The zero-order valence-electron chi connectivity index (χ0n) is 15.5. The summed E-state index contributed by atoms with van der Waals surface area (Å²) in [4.78, 5) is 38.6. The van der Waals surface area contributed by atoms with E-state index in [0.717, 1.165) is 19.6 Å². The predicted molar refractivity (Wildman–Crippen MR) is 102 cm³/mol. The van der Waals surface area contributed by atoms with E-state index in [-0.39, 0.29) is 5.56 Å². The highest BCUT2D eigenvalue weighted by Gasteiger charge is 2.24. The Morgan fingerprint density at radius 1 is 1.15 bits per heavy atom. The fourth-order valence-corrected chi connectivity index (χ4v) is 3.54. The smallest absolute Gasteiger partial charge is 0.326 e. The number of nitrogens with one attached hydrogen (secondary N) is 1. The standard InChI is InChI=1S/C20H25N3O4/c1-14(20(26)27)23-13-16(15-7-3-4-8-17(15)23)18(24)19(25)21-9-12-22-10-5-2-6-11-22/h3-4,7-8,13-14H,2,5-6,9-12H2,1H3,(H,21,25)(H,26,27). The Labute approximate surface area is 157 Å². The van der Waals surface area contributed by atoms with Gasteiger partial charge in [0.15, 0.2) is 0 Å². The number of carboxylic acid groups (broad SMARTS) is 1. The lowest BCUT2D eigenvalue weighted by Gasteiger charge is -2.26. The van der Waals surface area contributed by atoms with Crippen molar-refractivity contribution in [2.45, 2.75) is 32.2 Å². The molecule has 0 aliphatic carbocycles. The van der Waals surface area contributed by atoms with Crippen LogP contribution in [-0.4, -0.2) is 58.4 Å². The molecule has 7 nitrogen and oxygen atoms in total. The Kier molecular flexibility index (Phi) is 5.91. The van der Waals surface area contributed by atoms with Crippen molar-refractivity contribution in [3.05, 3.63) is 36.0 Å². The SMILES string of the molecule is CC(C(=O)O)n1cc(C(=O)C(=O)NCCN2CCCCC2)c2ccccc21. The maximum Gasteiger partial charge on any atom is 0.326 e. The zero-order chi connectivity index (χ0) is 19.4. The Balaban J connectivity index is 1.72. The van der Waals surface area contributed by atoms with E-state index in [1.165, 1.54) is 30.0 Å². The lowest BCUT2D eigenvalue weighted by atomic mass is 10.1. The molecule has 1 saturated heterocycles. The number of nitrogens with zero attached hydrogens (tertiary/aromatic N) is 2. The molecule has 1 atom stereocenters. The summed E-state index contributed by atoms with van der Waals surface area (Å²) in [6.07, 6.45) is 5.07. The third-order valence-electron chi connectivity index (χ3n) is 5.13. The fourth-order valence-electron chi connectivity index (χ4n) is 3.54. The average Bonchev–Trinajstić information content (AvgIpc) is 3.07. The van der Waals surface area contributed by atoms with Crippen molar-refractivity contribution in [1.82, 2.24) is 14.8 Å². The molecule has 0 radical (unpaired) electrons. The van der Waals surface area contributed by atoms with Crippen LogP contribution in [0, 0.1) is 0 Å². The second-order valence-corrected chi connectivity index (χ2v) is 6.97. The van der Waals surface area contributed by atoms with Crippen molar-refractivity contribution in [3.63, 3.8) is 0 Å². The van der Waals surface area contributed by atoms with Gasteiger partial charge in [-0.2, -0.15) is 0 Å². The molecule has 7 heteroatoms. The molecule has 0 saturated carbocycles. The summed E-state index contributed by atoms with van der Waals surface area (Å²) < 4.78 is 1.52. The number of benzene rings is 1. The van der Waals surface area contributed by atoms with E-state index in [9.17, 15) is 19.5 Å². The van der Waals surface area contributed by atoms with Crippen LogP contribution in [0.4, 0.5) is 0 Å². The average molecular weight is 371 g/mol. The third-order valence-corrected chi connectivity index (χ3v) is 5.13. The molecule has 1 aromatic carbocycles. The van der Waals surface area contributed by atoms with Crippen LogP contribution >= 0.6 is 0 Å². The van der Waals surface area contributed by atoms with Gasteiger partial charge in [0.1, 0.15) is 6.04 Å². The number of aliphatic carboxylic acids is 1. The van der Waals surface area contributed by atoms with Crippen LogP contribution in [0.15, 0.2) is 30.5 Å². The fraction of sp³-hybridized carbons (Fsp3) is 0.450. The minimum absolute atomic E-state index is 0.231. The van der Waals surface area contributed by atoms with Crippen molar-refractivity contribution in [2.24, 2.45) is 0 Å². The van der Waals surface area contributed by atoms with Crippen molar-refractivity contribution < 1.29 is 19.5 Å². The van der Waals surface area contributed by atoms with Crippen molar-refractivity contribution in [1.29, 1.82) is 0 Å². The topological polar surface area (TPSA) is 91.6 Å². The number of aromatic nitrogens is 1. The number of para-hydroxylation sites is 1. The highest BCUT2D eigenvalue weighted by atomic mass is 16.4. The molecule has 3 rings (SSSR count). The molecule has 1 fully saturated rings. The number of hydrogen-bond acceptors (Lipinski definition) is 4. The van der Waals surface area contributed by atoms with Crippen molar-refractivity contribution in [2.75, 3.05) is 26.2 Å². The maximum absolute atomic E-state index is 12.7. The number of piperidine rings is 1. The number of rotatable bonds is 7. The lowest BCUT2D eigenvalue weighted by Crippen LogP contribution is -2.39. The van der Waals surface area contributed by atoms with Crippen LogP contribution in [0.3, 0.4) is 0 Å². The molecule has 144 valence electrons. The minimum Gasteiger partial charge on any atom is -0.480 e. The van der Waals surface area contributed by atoms with E-state index in [4.69, 9.17) is 0 Å². The van der Waals surface area contributed by atoms with Gasteiger partial charge in [-0.25, -0.2) is 4.79 Å². The number of carbonyl (C=O) groups is 3. The molecule has 0 bridgehead atoms. The van der Waals surface area contributed by atoms with Crippen LogP contribution in [0.2, 0.25) is 0 Å². The summed E-state index contributed by atoms with van der Waals surface area (Å²) in [5.74, 6) is -2.29. The first-order valence-corrected chi connectivity index (χ1v) is 9.36. The molecule has 1 aromatic heterocycles. The van der Waals surface area contributed by atoms with Gasteiger partial charge in [-0.15, -0.1) is 0 Å². The molecular formula is C20H25N3O4. The Bertz CT molecular complexity index is 852. The van der Waals surface area contributed by atoms with Crippen LogP contribution in [0.5, 0.6) is 0 Å². The molecule has 1 aliphatic rings. The summed E-state index contributed by atoms with van der Waals surface area (Å²) in [5.41, 5.74) is 0.853. The van der Waals surface area contributed by atoms with Gasteiger partial charge < -0.3 is 19.9 Å². The van der Waals surface area contributed by atoms with Crippen LogP contribution in [-0.2, 0) is 9.59 Å². The molecule has 1 unspecified atom stereocenters. The van der Waals surface area contributed by atoms with E-state index in [0.29, 0.717) is 17.4 Å². The molecule has 2 heterocycles. The Morgan fingerprint density at radius 2 is 1.85 bits per heavy atom. The van der Waals surface area contributed by atoms with E-state index in [2.05, 4.69) is 10.2 Å². The number of carboxylic acids is 1. The Morgan fingerprint density at radius 3 is 2.56 bits per heavy atom. The monoisotopic (exact) mass is 371 g/mol. The van der Waals surface area contributed by atoms with Crippen molar-refractivity contribution in [3.8, 4) is 0 Å². The van der Waals surface area contributed by atoms with Gasteiger partial charge in [-0.1, -0.05) is 24.6 Å². The number of likely N-dealkylation sites (tertiary alicyclic amines) is 1. The molecule has 1 aliphatic heterocycles. The van der Waals surface area contributed by atoms with Crippen LogP contribution in [0.1, 0.15) is 42.6 Å². The molecule has 27 heavy (non-hydrogen) atoms. The quantitative estimate of drug-likeness (QED) is 0.574. The summed E-state index contributed by atoms with van der Waals surface area (Å²) in [6.45, 7) is 4.77. The van der Waals surface area contributed by atoms with Gasteiger partial charge in [0.25, 0.3) is 11.7 Å². The second-order valence-electron chi connectivity index (χ2n) is 6.97. The predicted octanol–water partition coefficient (Wildman–Crippen LogP) is 2.07. The second kappa shape index (κ2) is 8.35. The Hall–Kier alpha value is -2.67. The van der Waals surface area contributed by atoms with Gasteiger partial charge in [-0.05, 0) is 38.9 Å². The normalized spacial score (nSPS) is 16.2. The van der Waals surface area contributed by atoms with Gasteiger partial charge in [0, 0.05) is 30.2 Å². The third kappa shape index (κ3) is 4.19. The van der Waals surface area contributed by atoms with E-state index in [1.807, 2.05) is 0 Å². The molecule has 2 N–H and O–H groups in total. The largest absolute Gasteiger partial charge is 0.480 e. The molecule has 2 aromatic rings. The first kappa shape index (κ1) is 19.1. The number of carbonyl (C=O) groups excluding carboxylic acids is 2. The number of Topliss-reactive ketones (excluding diaryl/α,β-unsaturated/α-hetero) is 1. The highest BCUT2D eigenvalue weighted by Crippen LogP contribution is 2.25. The summed E-state index contributed by atoms with van der Waals surface area (Å²) in [6, 6.07) is 6.19. The number of fused-ring (bicyclic) bond motifs is 1. The number of amides is 1. The van der Waals surface area contributed by atoms with Gasteiger partial charge in [0.05, 0.1) is 5.56 Å². The number of hydrogen-bond donors (Lipinski definition) is 2. The van der Waals surface area contributed by atoms with Gasteiger partial charge >= 0.3 is 5.97 Å². The van der Waals surface area contributed by atoms with Gasteiger partial charge in [-0.3, -0.25) is 9.59 Å². The van der Waals surface area contributed by atoms with Crippen LogP contribution < -0.4 is 5.32 Å². The zero-order valence-corrected chi connectivity index (χ0v) is 15.5. The highest BCUT2D eigenvalue weighted by molar-refractivity contribution is 6.45. The molecule has 1 amide bonds. The summed E-state index contributed by atoms with van der Waals surface area (Å²) in [7, 11) is 0. The molecule has 0 spiro atoms. The lowest BCUT2D eigenvalue weighted by molar-refractivity contribution is -0.140. The summed E-state index contributed by atoms with van der Waals surface area (Å²) in [5, 5.41) is 12.6.